The summed E-state index contributed by atoms with van der Waals surface area (Å²) < 4.78 is 0. The molecule has 2 rings (SSSR count). The molecule has 0 aromatic heterocycles. The zero-order chi connectivity index (χ0) is 14.5. The molecule has 0 saturated heterocycles. The average Bonchev–Trinajstić information content (AvgIpc) is 2.42. The number of carbonyl (C=O) groups is 2. The number of nitrogens with one attached hydrogen (secondary N) is 1. The molecular weight excluding hydrogens is 254 g/mol. The lowest BCUT2D eigenvalue weighted by molar-refractivity contribution is -0.117. The smallest absolute Gasteiger partial charge is 0.248 e. The number of rotatable bonds is 4. The fourth-order valence-electron chi connectivity index (χ4n) is 2.66. The Hall–Kier alpha value is -1.88. The van der Waals surface area contributed by atoms with Gasteiger partial charge in [-0.2, -0.15) is 0 Å². The summed E-state index contributed by atoms with van der Waals surface area (Å²) in [5, 5.41) is 2.83. The van der Waals surface area contributed by atoms with Crippen molar-refractivity contribution in [1.29, 1.82) is 0 Å². The van der Waals surface area contributed by atoms with E-state index < -0.39 is 5.91 Å². The second-order valence-electron chi connectivity index (χ2n) is 5.40. The zero-order valence-electron chi connectivity index (χ0n) is 11.5. The van der Waals surface area contributed by atoms with E-state index in [1.54, 1.807) is 24.3 Å². The molecule has 20 heavy (non-hydrogen) atoms. The highest BCUT2D eigenvalue weighted by molar-refractivity contribution is 5.94. The van der Waals surface area contributed by atoms with Gasteiger partial charge in [-0.15, -0.1) is 0 Å². The quantitative estimate of drug-likeness (QED) is 0.778. The minimum absolute atomic E-state index is 0.0285. The Balaban J connectivity index is 1.89. The summed E-state index contributed by atoms with van der Waals surface area (Å²) in [6.07, 6.45) is 4.80. The first-order valence-electron chi connectivity index (χ1n) is 7.01. The third-order valence-corrected chi connectivity index (χ3v) is 3.87. The van der Waals surface area contributed by atoms with Crippen molar-refractivity contribution in [2.75, 3.05) is 5.32 Å². The molecule has 0 heterocycles. The monoisotopic (exact) mass is 275 g/mol. The molecule has 1 aromatic rings. The number of hydrogen-bond donors (Lipinski definition) is 3. The van der Waals surface area contributed by atoms with Gasteiger partial charge in [0, 0.05) is 23.7 Å². The molecule has 1 aliphatic carbocycles. The van der Waals surface area contributed by atoms with Crippen molar-refractivity contribution >= 4 is 17.5 Å². The van der Waals surface area contributed by atoms with Gasteiger partial charge < -0.3 is 16.8 Å². The summed E-state index contributed by atoms with van der Waals surface area (Å²) in [7, 11) is 0. The van der Waals surface area contributed by atoms with Crippen LogP contribution in [0.25, 0.3) is 0 Å². The Bertz CT molecular complexity index is 484. The summed E-state index contributed by atoms with van der Waals surface area (Å²) in [6.45, 7) is 0. The number of amides is 2. The van der Waals surface area contributed by atoms with Crippen LogP contribution in [-0.4, -0.2) is 17.9 Å². The van der Waals surface area contributed by atoms with Gasteiger partial charge in [-0.1, -0.05) is 12.8 Å². The molecule has 0 radical (unpaired) electrons. The van der Waals surface area contributed by atoms with Crippen molar-refractivity contribution in [2.24, 2.45) is 17.4 Å². The molecule has 2 amide bonds. The highest BCUT2D eigenvalue weighted by atomic mass is 16.2. The topological polar surface area (TPSA) is 98.2 Å². The fourth-order valence-corrected chi connectivity index (χ4v) is 2.66. The van der Waals surface area contributed by atoms with Gasteiger partial charge in [-0.05, 0) is 43.0 Å². The molecule has 0 spiro atoms. The van der Waals surface area contributed by atoms with Gasteiger partial charge in [0.05, 0.1) is 0 Å². The van der Waals surface area contributed by atoms with E-state index in [-0.39, 0.29) is 17.9 Å². The standard InChI is InChI=1S/C15H21N3O2/c16-13-4-2-1-3-11(13)9-14(19)18-12-7-5-10(6-8-12)15(17)20/h5-8,11,13H,1-4,9,16H2,(H2,17,20)(H,18,19). The molecule has 5 heteroatoms. The Morgan fingerprint density at radius 3 is 2.40 bits per heavy atom. The second kappa shape index (κ2) is 6.52. The maximum Gasteiger partial charge on any atom is 0.248 e. The number of carbonyl (C=O) groups excluding carboxylic acids is 2. The predicted octanol–water partition coefficient (Wildman–Crippen LogP) is 1.63. The van der Waals surface area contributed by atoms with E-state index in [1.165, 1.54) is 0 Å². The molecule has 0 bridgehead atoms. The normalized spacial score (nSPS) is 22.2. The fraction of sp³-hybridized carbons (Fsp3) is 0.467. The summed E-state index contributed by atoms with van der Waals surface area (Å²) in [4.78, 5) is 22.9. The number of hydrogen-bond acceptors (Lipinski definition) is 3. The largest absolute Gasteiger partial charge is 0.366 e. The molecule has 2 unspecified atom stereocenters. The number of anilines is 1. The highest BCUT2D eigenvalue weighted by Gasteiger charge is 2.24. The molecule has 1 saturated carbocycles. The van der Waals surface area contributed by atoms with Crippen LogP contribution in [0.3, 0.4) is 0 Å². The first-order valence-corrected chi connectivity index (χ1v) is 7.01. The van der Waals surface area contributed by atoms with Crippen LogP contribution in [0.2, 0.25) is 0 Å². The molecule has 1 aromatic carbocycles. The van der Waals surface area contributed by atoms with E-state index in [0.717, 1.165) is 25.7 Å². The van der Waals surface area contributed by atoms with Crippen molar-refractivity contribution in [3.05, 3.63) is 29.8 Å². The maximum atomic E-state index is 12.0. The Kier molecular flexibility index (Phi) is 4.74. The van der Waals surface area contributed by atoms with Gasteiger partial charge in [0.1, 0.15) is 0 Å². The summed E-state index contributed by atoms with van der Waals surface area (Å²) in [6, 6.07) is 6.69. The Morgan fingerprint density at radius 2 is 1.80 bits per heavy atom. The first kappa shape index (κ1) is 14.5. The van der Waals surface area contributed by atoms with Crippen molar-refractivity contribution < 1.29 is 9.59 Å². The lowest BCUT2D eigenvalue weighted by atomic mass is 9.83. The van der Waals surface area contributed by atoms with E-state index in [2.05, 4.69) is 5.32 Å². The minimum atomic E-state index is -0.476. The zero-order valence-corrected chi connectivity index (χ0v) is 11.5. The van der Waals surface area contributed by atoms with Crippen molar-refractivity contribution in [2.45, 2.75) is 38.1 Å². The number of benzene rings is 1. The van der Waals surface area contributed by atoms with Gasteiger partial charge >= 0.3 is 0 Å². The minimum Gasteiger partial charge on any atom is -0.366 e. The second-order valence-corrected chi connectivity index (χ2v) is 5.40. The predicted molar refractivity (Wildman–Crippen MR) is 78.1 cm³/mol. The third kappa shape index (κ3) is 3.81. The molecule has 5 nitrogen and oxygen atoms in total. The van der Waals surface area contributed by atoms with Crippen LogP contribution >= 0.6 is 0 Å². The molecular formula is C15H21N3O2. The number of primary amides is 1. The van der Waals surface area contributed by atoms with Crippen LogP contribution in [0.4, 0.5) is 5.69 Å². The molecule has 2 atom stereocenters. The molecule has 5 N–H and O–H groups in total. The van der Waals surface area contributed by atoms with Crippen LogP contribution in [0, 0.1) is 5.92 Å². The van der Waals surface area contributed by atoms with Crippen molar-refractivity contribution in [1.82, 2.24) is 0 Å². The third-order valence-electron chi connectivity index (χ3n) is 3.87. The van der Waals surface area contributed by atoms with Crippen LogP contribution < -0.4 is 16.8 Å². The molecule has 108 valence electrons. The van der Waals surface area contributed by atoms with Crippen molar-refractivity contribution in [3.8, 4) is 0 Å². The Labute approximate surface area is 118 Å². The molecule has 1 fully saturated rings. The van der Waals surface area contributed by atoms with Crippen LogP contribution in [0.5, 0.6) is 0 Å². The van der Waals surface area contributed by atoms with E-state index in [9.17, 15) is 9.59 Å². The molecule has 0 aliphatic heterocycles. The SMILES string of the molecule is NC(=O)c1ccc(NC(=O)CC2CCCCC2N)cc1. The van der Waals surface area contributed by atoms with Gasteiger partial charge in [0.2, 0.25) is 11.8 Å². The Morgan fingerprint density at radius 1 is 1.15 bits per heavy atom. The van der Waals surface area contributed by atoms with E-state index in [1.807, 2.05) is 0 Å². The van der Waals surface area contributed by atoms with Crippen LogP contribution in [-0.2, 0) is 4.79 Å². The highest BCUT2D eigenvalue weighted by Crippen LogP contribution is 2.26. The van der Waals surface area contributed by atoms with Gasteiger partial charge in [0.25, 0.3) is 0 Å². The van der Waals surface area contributed by atoms with E-state index >= 15 is 0 Å². The van der Waals surface area contributed by atoms with E-state index in [4.69, 9.17) is 11.5 Å². The summed E-state index contributed by atoms with van der Waals surface area (Å²) in [5.41, 5.74) is 12.3. The summed E-state index contributed by atoms with van der Waals surface area (Å²) in [5.74, 6) is -0.233. The lowest BCUT2D eigenvalue weighted by Gasteiger charge is -2.27. The van der Waals surface area contributed by atoms with Crippen molar-refractivity contribution in [3.63, 3.8) is 0 Å². The maximum absolute atomic E-state index is 12.0. The average molecular weight is 275 g/mol. The van der Waals surface area contributed by atoms with E-state index in [0.29, 0.717) is 17.7 Å². The molecule has 1 aliphatic rings. The van der Waals surface area contributed by atoms with Gasteiger partial charge in [0.15, 0.2) is 0 Å². The van der Waals surface area contributed by atoms with Gasteiger partial charge in [-0.25, -0.2) is 0 Å². The number of nitrogens with two attached hydrogens (primary N) is 2. The van der Waals surface area contributed by atoms with Crippen LogP contribution in [0.1, 0.15) is 42.5 Å². The van der Waals surface area contributed by atoms with Gasteiger partial charge in [-0.3, -0.25) is 9.59 Å². The summed E-state index contributed by atoms with van der Waals surface area (Å²) >= 11 is 0. The first-order chi connectivity index (χ1) is 9.56. The lowest BCUT2D eigenvalue weighted by Crippen LogP contribution is -2.35. The van der Waals surface area contributed by atoms with Crippen LogP contribution in [0.15, 0.2) is 24.3 Å².